The van der Waals surface area contributed by atoms with Crippen LogP contribution < -0.4 is 5.23 Å². The van der Waals surface area contributed by atoms with Crippen molar-refractivity contribution in [2.75, 3.05) is 5.23 Å². The van der Waals surface area contributed by atoms with Crippen molar-refractivity contribution in [2.45, 2.75) is 0 Å². The van der Waals surface area contributed by atoms with Gasteiger partial charge in [0, 0.05) is 5.56 Å². The fourth-order valence-electron chi connectivity index (χ4n) is 1.85. The molecule has 0 unspecified atom stereocenters. The second-order valence-electron chi connectivity index (χ2n) is 3.93. The quantitative estimate of drug-likeness (QED) is 0.675. The number of rotatable bonds is 2. The molecule has 5 nitrogen and oxygen atoms in total. The van der Waals surface area contributed by atoms with Gasteiger partial charge in [-0.25, -0.2) is 4.98 Å². The van der Waals surface area contributed by atoms with Gasteiger partial charge in [0.05, 0.1) is 16.7 Å². The summed E-state index contributed by atoms with van der Waals surface area (Å²) in [7, 11) is 0. The summed E-state index contributed by atoms with van der Waals surface area (Å²) in [4.78, 5) is 7.55. The van der Waals surface area contributed by atoms with Crippen molar-refractivity contribution in [3.63, 3.8) is 0 Å². The van der Waals surface area contributed by atoms with Crippen LogP contribution in [-0.4, -0.2) is 15.2 Å². The number of fused-ring (bicyclic) bond motifs is 1. The third kappa shape index (κ3) is 1.81. The van der Waals surface area contributed by atoms with Gasteiger partial charge in [-0.05, 0) is 18.2 Å². The fraction of sp³-hybridized carbons (Fsp3) is 0. The molecule has 5 heteroatoms. The maximum atomic E-state index is 10.8. The highest BCUT2D eigenvalue weighted by Crippen LogP contribution is 2.23. The minimum Gasteiger partial charge on any atom is -0.733 e. The summed E-state index contributed by atoms with van der Waals surface area (Å²) in [6, 6.07) is 14.5. The third-order valence-electron chi connectivity index (χ3n) is 2.73. The van der Waals surface area contributed by atoms with Crippen LogP contribution in [0.3, 0.4) is 0 Å². The van der Waals surface area contributed by atoms with Gasteiger partial charge in [0.2, 0.25) is 0 Å². The normalized spacial score (nSPS) is 10.8. The second kappa shape index (κ2) is 4.14. The number of hydrogen-bond donors (Lipinski definition) is 2. The molecule has 1 aromatic heterocycles. The van der Waals surface area contributed by atoms with Gasteiger partial charge in [0.15, 0.2) is 0 Å². The monoisotopic (exact) mass is 240 g/mol. The molecule has 0 aliphatic heterocycles. The SMILES string of the molecule is [O-]N(O)c1ccc2nc(-c3ccccc3)[nH]c2c1. The average Bonchev–Trinajstić information content (AvgIpc) is 2.82. The lowest BCUT2D eigenvalue weighted by atomic mass is 10.2. The van der Waals surface area contributed by atoms with Crippen molar-refractivity contribution in [3.8, 4) is 11.4 Å². The highest BCUT2D eigenvalue weighted by atomic mass is 16.8. The fourth-order valence-corrected chi connectivity index (χ4v) is 1.85. The zero-order valence-electron chi connectivity index (χ0n) is 9.37. The van der Waals surface area contributed by atoms with Crippen molar-refractivity contribution < 1.29 is 5.21 Å². The first kappa shape index (κ1) is 10.8. The van der Waals surface area contributed by atoms with Crippen LogP contribution in [0.5, 0.6) is 0 Å². The molecule has 0 aliphatic carbocycles. The standard InChI is InChI=1S/C13H10N3O2/c17-16(18)10-6-7-11-12(8-10)15-13(14-11)9-4-2-1-3-5-9/h1-8,17H,(H,14,15)/q-1. The smallest absolute Gasteiger partial charge is 0.138 e. The Balaban J connectivity index is 2.11. The predicted octanol–water partition coefficient (Wildman–Crippen LogP) is 2.92. The van der Waals surface area contributed by atoms with E-state index in [0.29, 0.717) is 5.52 Å². The molecule has 0 bridgehead atoms. The number of anilines is 1. The van der Waals surface area contributed by atoms with Crippen LogP contribution in [-0.2, 0) is 0 Å². The van der Waals surface area contributed by atoms with Gasteiger partial charge in [0.1, 0.15) is 5.82 Å². The molecule has 0 aliphatic rings. The molecule has 18 heavy (non-hydrogen) atoms. The Morgan fingerprint density at radius 3 is 2.61 bits per heavy atom. The van der Waals surface area contributed by atoms with Crippen molar-refractivity contribution in [3.05, 3.63) is 53.7 Å². The Bertz CT molecular complexity index is 677. The first-order valence-electron chi connectivity index (χ1n) is 5.45. The van der Waals surface area contributed by atoms with Crippen LogP contribution in [0.2, 0.25) is 0 Å². The summed E-state index contributed by atoms with van der Waals surface area (Å²) in [5.41, 5.74) is 2.60. The van der Waals surface area contributed by atoms with E-state index in [1.165, 1.54) is 6.07 Å². The van der Waals surface area contributed by atoms with E-state index in [1.54, 1.807) is 12.1 Å². The topological polar surface area (TPSA) is 75.2 Å². The van der Waals surface area contributed by atoms with E-state index in [-0.39, 0.29) is 10.9 Å². The van der Waals surface area contributed by atoms with Gasteiger partial charge in [-0.1, -0.05) is 30.3 Å². The average molecular weight is 240 g/mol. The molecular formula is C13H10N3O2-. The molecule has 1 heterocycles. The first-order chi connectivity index (χ1) is 8.74. The molecule has 0 atom stereocenters. The summed E-state index contributed by atoms with van der Waals surface area (Å²) in [6.45, 7) is 0. The highest BCUT2D eigenvalue weighted by molar-refractivity contribution is 5.82. The van der Waals surface area contributed by atoms with E-state index in [1.807, 2.05) is 30.3 Å². The molecule has 2 N–H and O–H groups in total. The molecule has 0 spiro atoms. The van der Waals surface area contributed by atoms with Crippen LogP contribution in [0, 0.1) is 5.21 Å². The zero-order chi connectivity index (χ0) is 12.5. The van der Waals surface area contributed by atoms with Gasteiger partial charge in [-0.15, -0.1) is 0 Å². The molecular weight excluding hydrogens is 230 g/mol. The van der Waals surface area contributed by atoms with Crippen molar-refractivity contribution in [1.82, 2.24) is 9.97 Å². The van der Waals surface area contributed by atoms with Gasteiger partial charge >= 0.3 is 0 Å². The Morgan fingerprint density at radius 2 is 1.89 bits per heavy atom. The van der Waals surface area contributed by atoms with E-state index in [4.69, 9.17) is 5.21 Å². The van der Waals surface area contributed by atoms with E-state index >= 15 is 0 Å². The number of benzene rings is 2. The van der Waals surface area contributed by atoms with Crippen LogP contribution in [0.1, 0.15) is 0 Å². The molecule has 0 saturated heterocycles. The van der Waals surface area contributed by atoms with Crippen molar-refractivity contribution in [2.24, 2.45) is 0 Å². The lowest BCUT2D eigenvalue weighted by Gasteiger charge is -2.20. The summed E-state index contributed by atoms with van der Waals surface area (Å²) in [5.74, 6) is 0.734. The van der Waals surface area contributed by atoms with Crippen LogP contribution >= 0.6 is 0 Å². The van der Waals surface area contributed by atoms with E-state index < -0.39 is 0 Å². The number of nitrogens with one attached hydrogen (secondary N) is 1. The summed E-state index contributed by atoms with van der Waals surface area (Å²) >= 11 is 0. The van der Waals surface area contributed by atoms with Crippen LogP contribution in [0.15, 0.2) is 48.5 Å². The number of hydrogen-bond acceptors (Lipinski definition) is 4. The highest BCUT2D eigenvalue weighted by Gasteiger charge is 2.05. The summed E-state index contributed by atoms with van der Waals surface area (Å²) < 4.78 is 0. The number of aromatic nitrogens is 2. The first-order valence-corrected chi connectivity index (χ1v) is 5.45. The molecule has 3 aromatic rings. The molecule has 0 fully saturated rings. The lowest BCUT2D eigenvalue weighted by Crippen LogP contribution is -2.06. The number of H-pyrrole nitrogens is 1. The van der Waals surface area contributed by atoms with Crippen LogP contribution in [0.25, 0.3) is 22.4 Å². The van der Waals surface area contributed by atoms with E-state index in [0.717, 1.165) is 16.9 Å². The molecule has 3 rings (SSSR count). The van der Waals surface area contributed by atoms with E-state index in [9.17, 15) is 5.21 Å². The van der Waals surface area contributed by atoms with Crippen LogP contribution in [0.4, 0.5) is 5.69 Å². The van der Waals surface area contributed by atoms with Crippen molar-refractivity contribution in [1.29, 1.82) is 0 Å². The Labute approximate surface area is 103 Å². The molecule has 2 aromatic carbocycles. The Kier molecular flexibility index (Phi) is 2.47. The number of aromatic amines is 1. The lowest BCUT2D eigenvalue weighted by molar-refractivity contribution is 0.296. The number of nitrogens with zero attached hydrogens (tertiary/aromatic N) is 2. The molecule has 0 saturated carbocycles. The van der Waals surface area contributed by atoms with E-state index in [2.05, 4.69) is 9.97 Å². The van der Waals surface area contributed by atoms with Gasteiger partial charge in [-0.2, -0.15) is 0 Å². The predicted molar refractivity (Wildman–Crippen MR) is 69.2 cm³/mol. The van der Waals surface area contributed by atoms with Gasteiger partial charge in [-0.3, -0.25) is 5.21 Å². The maximum Gasteiger partial charge on any atom is 0.138 e. The minimum atomic E-state index is -0.164. The zero-order valence-corrected chi connectivity index (χ0v) is 9.37. The summed E-state index contributed by atoms with van der Waals surface area (Å²) in [5, 5.41) is 19.5. The minimum absolute atomic E-state index is 0.164. The second-order valence-corrected chi connectivity index (χ2v) is 3.93. The summed E-state index contributed by atoms with van der Waals surface area (Å²) in [6.07, 6.45) is 0. The Hall–Kier alpha value is -2.37. The molecule has 90 valence electrons. The van der Waals surface area contributed by atoms with Crippen molar-refractivity contribution >= 4 is 16.7 Å². The largest absolute Gasteiger partial charge is 0.733 e. The third-order valence-corrected chi connectivity index (χ3v) is 2.73. The molecule has 0 amide bonds. The maximum absolute atomic E-state index is 10.8. The Morgan fingerprint density at radius 1 is 1.11 bits per heavy atom. The molecule has 0 radical (unpaired) electrons. The number of imidazole rings is 1. The van der Waals surface area contributed by atoms with Gasteiger partial charge in [0.25, 0.3) is 0 Å². The van der Waals surface area contributed by atoms with Gasteiger partial charge < -0.3 is 15.4 Å².